The van der Waals surface area contributed by atoms with Crippen molar-refractivity contribution >= 4 is 18.6 Å². The van der Waals surface area contributed by atoms with Gasteiger partial charge in [-0.3, -0.25) is 4.79 Å². The monoisotopic (exact) mass is 174 g/mol. The molecule has 1 unspecified atom stereocenters. The highest BCUT2D eigenvalue weighted by atomic mass is 32.1. The molecular formula is C4H5F3O2S. The van der Waals surface area contributed by atoms with Gasteiger partial charge in [0.25, 0.3) is 5.92 Å². The number of thiol groups is 1. The van der Waals surface area contributed by atoms with Gasteiger partial charge in [0.05, 0.1) is 0 Å². The van der Waals surface area contributed by atoms with E-state index in [-0.39, 0.29) is 0 Å². The van der Waals surface area contributed by atoms with Crippen LogP contribution in [-0.2, 0) is 4.79 Å². The Kier molecular flexibility index (Phi) is 3.01. The molecule has 0 aromatic heterocycles. The van der Waals surface area contributed by atoms with Crippen LogP contribution in [0, 0.1) is 0 Å². The molecule has 0 saturated heterocycles. The van der Waals surface area contributed by atoms with Gasteiger partial charge in [-0.25, -0.2) is 13.2 Å². The van der Waals surface area contributed by atoms with Crippen LogP contribution in [0.15, 0.2) is 0 Å². The predicted octanol–water partition coefficient (Wildman–Crippen LogP) is 0.974. The minimum atomic E-state index is -3.88. The molecule has 60 valence electrons. The fourth-order valence-electron chi connectivity index (χ4n) is 0.254. The van der Waals surface area contributed by atoms with Crippen molar-refractivity contribution < 1.29 is 23.1 Å². The van der Waals surface area contributed by atoms with Gasteiger partial charge in [0, 0.05) is 0 Å². The van der Waals surface area contributed by atoms with E-state index in [2.05, 4.69) is 12.6 Å². The standard InChI is InChI=1S/C4H5F3O2S/c5-1-4(6,7)2(10)3(8)9/h2,10H,1H2,(H,8,9). The summed E-state index contributed by atoms with van der Waals surface area (Å²) in [6.45, 7) is -2.01. The van der Waals surface area contributed by atoms with Gasteiger partial charge in [0.15, 0.2) is 11.9 Å². The number of rotatable bonds is 3. The SMILES string of the molecule is O=C(O)C(S)C(F)(F)CF. The minimum Gasteiger partial charge on any atom is -0.480 e. The zero-order valence-corrected chi connectivity index (χ0v) is 5.62. The first-order valence-electron chi connectivity index (χ1n) is 2.26. The lowest BCUT2D eigenvalue weighted by atomic mass is 10.2. The molecule has 0 saturated carbocycles. The molecule has 0 aliphatic carbocycles. The average molecular weight is 174 g/mol. The number of alkyl halides is 3. The Labute approximate surface area is 60.4 Å². The Hall–Kier alpha value is -0.390. The van der Waals surface area contributed by atoms with Crippen molar-refractivity contribution in [2.45, 2.75) is 11.2 Å². The van der Waals surface area contributed by atoms with Crippen LogP contribution in [0.25, 0.3) is 0 Å². The summed E-state index contributed by atoms with van der Waals surface area (Å²) in [5, 5.41) is 5.66. The van der Waals surface area contributed by atoms with Crippen LogP contribution in [0.5, 0.6) is 0 Å². The molecule has 0 fully saturated rings. The van der Waals surface area contributed by atoms with Crippen molar-refractivity contribution in [2.24, 2.45) is 0 Å². The van der Waals surface area contributed by atoms with E-state index in [0.29, 0.717) is 0 Å². The predicted molar refractivity (Wildman–Crippen MR) is 31.3 cm³/mol. The Balaban J connectivity index is 4.17. The summed E-state index contributed by atoms with van der Waals surface area (Å²) in [4.78, 5) is 9.78. The lowest BCUT2D eigenvalue weighted by molar-refractivity contribution is -0.144. The van der Waals surface area contributed by atoms with Crippen molar-refractivity contribution in [1.29, 1.82) is 0 Å². The van der Waals surface area contributed by atoms with E-state index in [1.54, 1.807) is 0 Å². The second-order valence-electron chi connectivity index (χ2n) is 1.64. The third-order valence-electron chi connectivity index (χ3n) is 0.812. The van der Waals surface area contributed by atoms with Crippen LogP contribution in [0.3, 0.4) is 0 Å². The topological polar surface area (TPSA) is 37.3 Å². The molecule has 0 spiro atoms. The van der Waals surface area contributed by atoms with E-state index in [1.807, 2.05) is 0 Å². The molecule has 2 nitrogen and oxygen atoms in total. The Morgan fingerprint density at radius 1 is 1.70 bits per heavy atom. The first-order valence-corrected chi connectivity index (χ1v) is 2.78. The van der Waals surface area contributed by atoms with Crippen LogP contribution in [-0.4, -0.2) is 28.9 Å². The second-order valence-corrected chi connectivity index (χ2v) is 2.15. The first kappa shape index (κ1) is 9.61. The maximum absolute atomic E-state index is 12.0. The van der Waals surface area contributed by atoms with Crippen LogP contribution in [0.4, 0.5) is 13.2 Å². The highest BCUT2D eigenvalue weighted by molar-refractivity contribution is 7.81. The molecule has 0 aromatic carbocycles. The summed E-state index contributed by atoms with van der Waals surface area (Å²) in [5.74, 6) is -5.71. The minimum absolute atomic E-state index is 1.83. The van der Waals surface area contributed by atoms with E-state index in [0.717, 1.165) is 0 Å². The third-order valence-corrected chi connectivity index (χ3v) is 1.41. The van der Waals surface area contributed by atoms with Crippen molar-refractivity contribution in [3.63, 3.8) is 0 Å². The van der Waals surface area contributed by atoms with E-state index < -0.39 is 23.8 Å². The summed E-state index contributed by atoms with van der Waals surface area (Å²) in [6.07, 6.45) is 0. The van der Waals surface area contributed by atoms with Crippen molar-refractivity contribution in [3.05, 3.63) is 0 Å². The zero-order chi connectivity index (χ0) is 8.36. The van der Waals surface area contributed by atoms with Crippen LogP contribution in [0.1, 0.15) is 0 Å². The highest BCUT2D eigenvalue weighted by Gasteiger charge is 2.42. The van der Waals surface area contributed by atoms with Crippen molar-refractivity contribution in [2.75, 3.05) is 6.67 Å². The number of halogens is 3. The smallest absolute Gasteiger partial charge is 0.322 e. The molecule has 0 amide bonds. The molecular weight excluding hydrogens is 169 g/mol. The molecule has 0 heterocycles. The average Bonchev–Trinajstić information content (AvgIpc) is 1.86. The first-order chi connectivity index (χ1) is 4.41. The van der Waals surface area contributed by atoms with Gasteiger partial charge in [-0.15, -0.1) is 0 Å². The third kappa shape index (κ3) is 2.09. The molecule has 10 heavy (non-hydrogen) atoms. The molecule has 0 bridgehead atoms. The van der Waals surface area contributed by atoms with Crippen LogP contribution in [0.2, 0.25) is 0 Å². The Bertz CT molecular complexity index is 138. The Morgan fingerprint density at radius 3 is 2.20 bits per heavy atom. The largest absolute Gasteiger partial charge is 0.480 e. The van der Waals surface area contributed by atoms with E-state index in [1.165, 1.54) is 0 Å². The number of carboxylic acid groups (broad SMARTS) is 1. The maximum atomic E-state index is 12.0. The lowest BCUT2D eigenvalue weighted by Crippen LogP contribution is -2.37. The van der Waals surface area contributed by atoms with E-state index in [9.17, 15) is 18.0 Å². The van der Waals surface area contributed by atoms with Gasteiger partial charge in [-0.05, 0) is 0 Å². The highest BCUT2D eigenvalue weighted by Crippen LogP contribution is 2.23. The normalized spacial score (nSPS) is 14.8. The van der Waals surface area contributed by atoms with Gasteiger partial charge in [0.1, 0.15) is 0 Å². The molecule has 6 heteroatoms. The molecule has 1 atom stereocenters. The van der Waals surface area contributed by atoms with Crippen molar-refractivity contribution in [1.82, 2.24) is 0 Å². The zero-order valence-electron chi connectivity index (χ0n) is 4.72. The molecule has 0 rings (SSSR count). The summed E-state index contributed by atoms with van der Waals surface area (Å²) >= 11 is 3.00. The summed E-state index contributed by atoms with van der Waals surface area (Å²) in [6, 6.07) is 0. The molecule has 0 aliphatic heterocycles. The quantitative estimate of drug-likeness (QED) is 0.625. The van der Waals surface area contributed by atoms with Crippen LogP contribution < -0.4 is 0 Å². The fourth-order valence-corrected chi connectivity index (χ4v) is 0.323. The molecule has 0 aromatic rings. The van der Waals surface area contributed by atoms with Gasteiger partial charge in [0.2, 0.25) is 0 Å². The number of aliphatic carboxylic acids is 1. The van der Waals surface area contributed by atoms with E-state index >= 15 is 0 Å². The maximum Gasteiger partial charge on any atom is 0.322 e. The molecule has 0 aliphatic rings. The van der Waals surface area contributed by atoms with Gasteiger partial charge < -0.3 is 5.11 Å². The molecule has 1 N–H and O–H groups in total. The number of hydrogen-bond acceptors (Lipinski definition) is 2. The number of carboxylic acids is 1. The summed E-state index contributed by atoms with van der Waals surface area (Å²) in [7, 11) is 0. The Morgan fingerprint density at radius 2 is 2.10 bits per heavy atom. The summed E-state index contributed by atoms with van der Waals surface area (Å²) < 4.78 is 35.2. The lowest BCUT2D eigenvalue weighted by Gasteiger charge is -2.14. The molecule has 0 radical (unpaired) electrons. The van der Waals surface area contributed by atoms with Gasteiger partial charge in [-0.1, -0.05) is 0 Å². The van der Waals surface area contributed by atoms with Gasteiger partial charge >= 0.3 is 5.97 Å². The van der Waals surface area contributed by atoms with Gasteiger partial charge in [-0.2, -0.15) is 12.6 Å². The second kappa shape index (κ2) is 3.14. The number of hydrogen-bond donors (Lipinski definition) is 2. The summed E-state index contributed by atoms with van der Waals surface area (Å²) in [5.41, 5.74) is 0. The van der Waals surface area contributed by atoms with E-state index in [4.69, 9.17) is 5.11 Å². The van der Waals surface area contributed by atoms with Crippen molar-refractivity contribution in [3.8, 4) is 0 Å². The van der Waals surface area contributed by atoms with Crippen LogP contribution >= 0.6 is 12.6 Å². The fraction of sp³-hybridized carbons (Fsp3) is 0.750. The number of carbonyl (C=O) groups is 1.